The Kier molecular flexibility index (Phi) is 3.47. The van der Waals surface area contributed by atoms with Gasteiger partial charge in [0.25, 0.3) is 0 Å². The summed E-state index contributed by atoms with van der Waals surface area (Å²) in [4.78, 5) is 0.210. The highest BCUT2D eigenvalue weighted by Crippen LogP contribution is 2.38. The van der Waals surface area contributed by atoms with Crippen molar-refractivity contribution < 1.29 is 13.5 Å². The van der Waals surface area contributed by atoms with Crippen LogP contribution in [0, 0.1) is 0 Å². The molecule has 0 aliphatic heterocycles. The lowest BCUT2D eigenvalue weighted by Gasteiger charge is -2.05. The zero-order valence-corrected chi connectivity index (χ0v) is 13.0. The normalized spacial score (nSPS) is 11.9. The fraction of sp³-hybridized carbons (Fsp3) is 0.125. The summed E-state index contributed by atoms with van der Waals surface area (Å²) in [6.45, 7) is 1.96. The van der Waals surface area contributed by atoms with Crippen LogP contribution in [0.2, 0.25) is 0 Å². The van der Waals surface area contributed by atoms with E-state index in [2.05, 4.69) is 0 Å². The first-order chi connectivity index (χ1) is 10.0. The molecule has 0 radical (unpaired) electrons. The molecular weight excluding hydrogens is 304 g/mol. The van der Waals surface area contributed by atoms with Gasteiger partial charge in [0.2, 0.25) is 9.84 Å². The third-order valence-electron chi connectivity index (χ3n) is 3.41. The smallest absolute Gasteiger partial charge is 0.216 e. The van der Waals surface area contributed by atoms with Crippen molar-refractivity contribution in [2.24, 2.45) is 0 Å². The SMILES string of the molecule is CCc1c(S(=O)(=O)c2ccc(O)cc2)sc2ccccc12. The highest BCUT2D eigenvalue weighted by Gasteiger charge is 2.24. The van der Waals surface area contributed by atoms with E-state index in [1.165, 1.54) is 35.6 Å². The second-order valence-corrected chi connectivity index (χ2v) is 7.91. The third kappa shape index (κ3) is 2.32. The molecule has 1 N–H and O–H groups in total. The number of aromatic hydroxyl groups is 1. The number of aryl methyl sites for hydroxylation is 1. The van der Waals surface area contributed by atoms with Gasteiger partial charge in [-0.25, -0.2) is 8.42 Å². The van der Waals surface area contributed by atoms with Crippen molar-refractivity contribution in [2.75, 3.05) is 0 Å². The van der Waals surface area contributed by atoms with Crippen molar-refractivity contribution in [1.82, 2.24) is 0 Å². The molecule has 0 amide bonds. The van der Waals surface area contributed by atoms with Gasteiger partial charge in [0.05, 0.1) is 4.90 Å². The molecule has 21 heavy (non-hydrogen) atoms. The fourth-order valence-corrected chi connectivity index (χ4v) is 5.67. The standard InChI is InChI=1S/C16H14O3S2/c1-2-13-14-5-3-4-6-15(14)20-16(13)21(18,19)12-9-7-11(17)8-10-12/h3-10,17H,2H2,1H3. The number of hydrogen-bond donors (Lipinski definition) is 1. The molecule has 1 aromatic heterocycles. The number of hydrogen-bond acceptors (Lipinski definition) is 4. The van der Waals surface area contributed by atoms with E-state index in [4.69, 9.17) is 0 Å². The molecule has 3 rings (SSSR count). The summed E-state index contributed by atoms with van der Waals surface area (Å²) in [5.74, 6) is 0.0565. The van der Waals surface area contributed by atoms with Crippen molar-refractivity contribution in [3.05, 3.63) is 54.1 Å². The quantitative estimate of drug-likeness (QED) is 0.794. The van der Waals surface area contributed by atoms with Gasteiger partial charge in [-0.15, -0.1) is 11.3 Å². The van der Waals surface area contributed by atoms with Gasteiger partial charge < -0.3 is 5.11 Å². The van der Waals surface area contributed by atoms with E-state index >= 15 is 0 Å². The molecule has 0 unspecified atom stereocenters. The molecule has 0 spiro atoms. The summed E-state index contributed by atoms with van der Waals surface area (Å²) in [5, 5.41) is 10.3. The zero-order chi connectivity index (χ0) is 15.0. The molecule has 5 heteroatoms. The Balaban J connectivity index is 2.26. The fourth-order valence-electron chi connectivity index (χ4n) is 2.36. The van der Waals surface area contributed by atoms with E-state index in [-0.39, 0.29) is 10.6 Å². The van der Waals surface area contributed by atoms with E-state index in [0.717, 1.165) is 15.6 Å². The topological polar surface area (TPSA) is 54.4 Å². The first kappa shape index (κ1) is 14.1. The minimum atomic E-state index is -3.55. The number of fused-ring (bicyclic) bond motifs is 1. The lowest BCUT2D eigenvalue weighted by atomic mass is 10.1. The van der Waals surface area contributed by atoms with Crippen molar-refractivity contribution in [1.29, 1.82) is 0 Å². The zero-order valence-electron chi connectivity index (χ0n) is 11.4. The maximum absolute atomic E-state index is 12.8. The highest BCUT2D eigenvalue weighted by atomic mass is 32.2. The van der Waals surface area contributed by atoms with E-state index in [9.17, 15) is 13.5 Å². The van der Waals surface area contributed by atoms with Crippen LogP contribution in [0.25, 0.3) is 10.1 Å². The van der Waals surface area contributed by atoms with Gasteiger partial charge in [0.15, 0.2) is 0 Å². The monoisotopic (exact) mass is 318 g/mol. The molecule has 3 nitrogen and oxygen atoms in total. The van der Waals surface area contributed by atoms with E-state index < -0.39 is 9.84 Å². The molecule has 0 aliphatic carbocycles. The van der Waals surface area contributed by atoms with Crippen LogP contribution in [0.15, 0.2) is 57.6 Å². The molecule has 108 valence electrons. The van der Waals surface area contributed by atoms with Crippen LogP contribution >= 0.6 is 11.3 Å². The Labute approximate surface area is 127 Å². The van der Waals surface area contributed by atoms with E-state index in [0.29, 0.717) is 10.6 Å². The summed E-state index contributed by atoms with van der Waals surface area (Å²) in [6.07, 6.45) is 0.663. The minimum Gasteiger partial charge on any atom is -0.508 e. The predicted octanol–water partition coefficient (Wildman–Crippen LogP) is 4.00. The molecule has 3 aromatic rings. The van der Waals surface area contributed by atoms with Crippen molar-refractivity contribution >= 4 is 31.3 Å². The van der Waals surface area contributed by atoms with Crippen LogP contribution in [0.1, 0.15) is 12.5 Å². The molecule has 0 aliphatic rings. The van der Waals surface area contributed by atoms with Gasteiger partial charge in [-0.1, -0.05) is 25.1 Å². The van der Waals surface area contributed by atoms with Crippen LogP contribution < -0.4 is 0 Å². The second-order valence-electron chi connectivity index (χ2n) is 4.72. The minimum absolute atomic E-state index is 0.0565. The Morgan fingerprint density at radius 2 is 1.71 bits per heavy atom. The first-order valence-corrected chi connectivity index (χ1v) is 8.88. The number of sulfone groups is 1. The average molecular weight is 318 g/mol. The van der Waals surface area contributed by atoms with Crippen molar-refractivity contribution in [3.63, 3.8) is 0 Å². The van der Waals surface area contributed by atoms with Gasteiger partial charge >= 0.3 is 0 Å². The number of phenols is 1. The van der Waals surface area contributed by atoms with Crippen LogP contribution in [0.4, 0.5) is 0 Å². The molecule has 0 fully saturated rings. The second kappa shape index (κ2) is 5.16. The summed E-state index contributed by atoms with van der Waals surface area (Å²) in [5.41, 5.74) is 0.865. The summed E-state index contributed by atoms with van der Waals surface area (Å²) in [6, 6.07) is 13.4. The third-order valence-corrected chi connectivity index (χ3v) is 6.95. The van der Waals surface area contributed by atoms with Crippen molar-refractivity contribution in [3.8, 4) is 5.75 Å². The lowest BCUT2D eigenvalue weighted by molar-refractivity contribution is 0.475. The summed E-state index contributed by atoms with van der Waals surface area (Å²) in [7, 11) is -3.55. The Hall–Kier alpha value is -1.85. The maximum atomic E-state index is 12.8. The Morgan fingerprint density at radius 3 is 2.38 bits per heavy atom. The Bertz CT molecular complexity index is 891. The molecule has 1 heterocycles. The largest absolute Gasteiger partial charge is 0.508 e. The lowest BCUT2D eigenvalue weighted by Crippen LogP contribution is -2.02. The number of rotatable bonds is 3. The number of thiophene rings is 1. The number of phenolic OH excluding ortho intramolecular Hbond substituents is 1. The van der Waals surface area contributed by atoms with E-state index in [1.807, 2.05) is 31.2 Å². The van der Waals surface area contributed by atoms with Gasteiger partial charge in [-0.3, -0.25) is 0 Å². The Morgan fingerprint density at radius 1 is 1.05 bits per heavy atom. The molecule has 0 saturated heterocycles. The van der Waals surface area contributed by atoms with Crippen LogP contribution in [0.5, 0.6) is 5.75 Å². The van der Waals surface area contributed by atoms with Gasteiger partial charge in [-0.05, 0) is 47.7 Å². The molecular formula is C16H14O3S2. The summed E-state index contributed by atoms with van der Waals surface area (Å²) < 4.78 is 27.0. The average Bonchev–Trinajstić information content (AvgIpc) is 2.87. The van der Waals surface area contributed by atoms with Gasteiger partial charge in [0.1, 0.15) is 9.96 Å². The molecule has 2 aromatic carbocycles. The van der Waals surface area contributed by atoms with Crippen molar-refractivity contribution in [2.45, 2.75) is 22.4 Å². The van der Waals surface area contributed by atoms with E-state index in [1.54, 1.807) is 0 Å². The summed E-state index contributed by atoms with van der Waals surface area (Å²) >= 11 is 1.30. The van der Waals surface area contributed by atoms with Crippen LogP contribution in [0.3, 0.4) is 0 Å². The van der Waals surface area contributed by atoms with Crippen LogP contribution in [-0.2, 0) is 16.3 Å². The maximum Gasteiger partial charge on any atom is 0.216 e. The van der Waals surface area contributed by atoms with Gasteiger partial charge in [0, 0.05) is 4.70 Å². The molecule has 0 bridgehead atoms. The highest BCUT2D eigenvalue weighted by molar-refractivity contribution is 7.93. The molecule has 0 atom stereocenters. The van der Waals surface area contributed by atoms with Crippen LogP contribution in [-0.4, -0.2) is 13.5 Å². The van der Waals surface area contributed by atoms with Gasteiger partial charge in [-0.2, -0.15) is 0 Å². The number of benzene rings is 2. The molecule has 0 saturated carbocycles. The predicted molar refractivity (Wildman–Crippen MR) is 84.8 cm³/mol. The first-order valence-electron chi connectivity index (χ1n) is 6.58.